The Kier molecular flexibility index (Phi) is 6.09. The van der Waals surface area contributed by atoms with Gasteiger partial charge < -0.3 is 10.2 Å². The minimum absolute atomic E-state index is 0.391. The second-order valence-corrected chi connectivity index (χ2v) is 6.85. The Morgan fingerprint density at radius 2 is 2.10 bits per heavy atom. The van der Waals surface area contributed by atoms with E-state index in [9.17, 15) is 0 Å². The van der Waals surface area contributed by atoms with Crippen LogP contribution in [-0.2, 0) is 0 Å². The average molecular weight is 309 g/mol. The lowest BCUT2D eigenvalue weighted by molar-refractivity contribution is 0.234. The topological polar surface area (TPSA) is 15.3 Å². The molecule has 0 aromatic heterocycles. The lowest BCUT2D eigenvalue weighted by Crippen LogP contribution is -2.29. The Bertz CT molecular complexity index is 443. The Hall–Kier alpha value is -0.570. The van der Waals surface area contributed by atoms with Crippen LogP contribution in [0.15, 0.2) is 24.3 Å². The molecule has 0 spiro atoms. The maximum Gasteiger partial charge on any atom is 0.0409 e. The lowest BCUT2D eigenvalue weighted by atomic mass is 9.82. The zero-order valence-corrected chi connectivity index (χ0v) is 14.4. The van der Waals surface area contributed by atoms with Crippen LogP contribution in [-0.4, -0.2) is 31.6 Å². The van der Waals surface area contributed by atoms with Crippen LogP contribution < -0.4 is 5.32 Å². The zero-order valence-electron chi connectivity index (χ0n) is 13.7. The molecule has 0 amide bonds. The smallest absolute Gasteiger partial charge is 0.0409 e. The molecule has 1 aromatic carbocycles. The molecule has 1 N–H and O–H groups in total. The van der Waals surface area contributed by atoms with Crippen molar-refractivity contribution in [2.75, 3.05) is 26.7 Å². The monoisotopic (exact) mass is 308 g/mol. The van der Waals surface area contributed by atoms with Crippen LogP contribution in [0.25, 0.3) is 0 Å². The third-order valence-electron chi connectivity index (χ3n) is 5.35. The van der Waals surface area contributed by atoms with Crippen LogP contribution in [0.3, 0.4) is 0 Å². The summed E-state index contributed by atoms with van der Waals surface area (Å²) in [6.07, 6.45) is 5.12. The van der Waals surface area contributed by atoms with Gasteiger partial charge in [0.15, 0.2) is 0 Å². The third-order valence-corrected chi connectivity index (χ3v) is 5.59. The van der Waals surface area contributed by atoms with E-state index < -0.39 is 0 Å². The number of nitrogens with zero attached hydrogens (tertiary/aromatic N) is 1. The highest BCUT2D eigenvalue weighted by molar-refractivity contribution is 6.30. The standard InChI is InChI=1S/C18H29ClN2/c1-4-18(5-2)10-12-21(14-18)11-9-17(20-3)15-7-6-8-16(19)13-15/h6-8,13,17,20H,4-5,9-12,14H2,1-3H3. The fraction of sp³-hybridized carbons (Fsp3) is 0.667. The fourth-order valence-corrected chi connectivity index (χ4v) is 3.76. The van der Waals surface area contributed by atoms with Gasteiger partial charge in [0.1, 0.15) is 0 Å². The Balaban J connectivity index is 1.90. The Morgan fingerprint density at radius 3 is 2.67 bits per heavy atom. The molecule has 118 valence electrons. The van der Waals surface area contributed by atoms with Crippen molar-refractivity contribution in [2.45, 2.75) is 45.6 Å². The van der Waals surface area contributed by atoms with Crippen molar-refractivity contribution in [2.24, 2.45) is 5.41 Å². The predicted octanol–water partition coefficient (Wildman–Crippen LogP) is 4.50. The first-order valence-electron chi connectivity index (χ1n) is 8.27. The predicted molar refractivity (Wildman–Crippen MR) is 91.9 cm³/mol. The molecular formula is C18H29ClN2. The molecule has 2 rings (SSSR count). The molecule has 0 radical (unpaired) electrons. The number of hydrogen-bond donors (Lipinski definition) is 1. The molecule has 1 saturated heterocycles. The summed E-state index contributed by atoms with van der Waals surface area (Å²) in [5, 5.41) is 4.26. The van der Waals surface area contributed by atoms with Gasteiger partial charge in [0, 0.05) is 17.6 Å². The SMILES string of the molecule is CCC1(CC)CCN(CCC(NC)c2cccc(Cl)c2)C1. The summed E-state index contributed by atoms with van der Waals surface area (Å²) in [6.45, 7) is 8.38. The molecule has 0 bridgehead atoms. The zero-order chi connectivity index (χ0) is 15.3. The van der Waals surface area contributed by atoms with Crippen molar-refractivity contribution in [1.82, 2.24) is 10.2 Å². The molecule has 1 fully saturated rings. The largest absolute Gasteiger partial charge is 0.313 e. The quantitative estimate of drug-likeness (QED) is 0.797. The van der Waals surface area contributed by atoms with Crippen LogP contribution >= 0.6 is 11.6 Å². The molecule has 1 heterocycles. The van der Waals surface area contributed by atoms with Crippen molar-refractivity contribution in [3.8, 4) is 0 Å². The highest BCUT2D eigenvalue weighted by Crippen LogP contribution is 2.37. The maximum absolute atomic E-state index is 6.11. The highest BCUT2D eigenvalue weighted by atomic mass is 35.5. The third kappa shape index (κ3) is 4.21. The molecule has 2 nitrogen and oxygen atoms in total. The van der Waals surface area contributed by atoms with Crippen LogP contribution in [0.4, 0.5) is 0 Å². The van der Waals surface area contributed by atoms with Crippen LogP contribution in [0.1, 0.15) is 51.1 Å². The first kappa shape index (κ1) is 16.8. The number of hydrogen-bond acceptors (Lipinski definition) is 2. The number of likely N-dealkylation sites (tertiary alicyclic amines) is 1. The molecule has 0 saturated carbocycles. The summed E-state index contributed by atoms with van der Waals surface area (Å²) in [6, 6.07) is 8.61. The van der Waals surface area contributed by atoms with Gasteiger partial charge in [-0.25, -0.2) is 0 Å². The van der Waals surface area contributed by atoms with Crippen molar-refractivity contribution in [3.05, 3.63) is 34.9 Å². The van der Waals surface area contributed by atoms with E-state index in [4.69, 9.17) is 11.6 Å². The lowest BCUT2D eigenvalue weighted by Gasteiger charge is -2.27. The minimum Gasteiger partial charge on any atom is -0.313 e. The molecule has 1 atom stereocenters. The molecular weight excluding hydrogens is 280 g/mol. The molecule has 21 heavy (non-hydrogen) atoms. The normalized spacial score (nSPS) is 19.8. The minimum atomic E-state index is 0.391. The number of benzene rings is 1. The number of nitrogens with one attached hydrogen (secondary N) is 1. The molecule has 1 unspecified atom stereocenters. The fourth-order valence-electron chi connectivity index (χ4n) is 3.56. The molecule has 1 aliphatic heterocycles. The van der Waals surface area contributed by atoms with Crippen molar-refractivity contribution in [3.63, 3.8) is 0 Å². The van der Waals surface area contributed by atoms with Gasteiger partial charge in [-0.15, -0.1) is 0 Å². The molecule has 1 aromatic rings. The van der Waals surface area contributed by atoms with Gasteiger partial charge in [0.2, 0.25) is 0 Å². The molecule has 0 aliphatic carbocycles. The van der Waals surface area contributed by atoms with E-state index in [0.29, 0.717) is 11.5 Å². The summed E-state index contributed by atoms with van der Waals surface area (Å²) in [4.78, 5) is 2.64. The first-order valence-corrected chi connectivity index (χ1v) is 8.65. The summed E-state index contributed by atoms with van der Waals surface area (Å²) >= 11 is 6.11. The van der Waals surface area contributed by atoms with Crippen LogP contribution in [0.5, 0.6) is 0 Å². The molecule has 3 heteroatoms. The highest BCUT2D eigenvalue weighted by Gasteiger charge is 2.34. The van der Waals surface area contributed by atoms with Gasteiger partial charge in [0.05, 0.1) is 0 Å². The van der Waals surface area contributed by atoms with E-state index in [-0.39, 0.29) is 0 Å². The summed E-state index contributed by atoms with van der Waals surface area (Å²) in [7, 11) is 2.04. The van der Waals surface area contributed by atoms with E-state index in [1.54, 1.807) is 0 Å². The average Bonchev–Trinajstić information content (AvgIpc) is 2.92. The van der Waals surface area contributed by atoms with Gasteiger partial charge in [-0.2, -0.15) is 0 Å². The van der Waals surface area contributed by atoms with Gasteiger partial charge in [-0.3, -0.25) is 0 Å². The Morgan fingerprint density at radius 1 is 1.33 bits per heavy atom. The molecule has 1 aliphatic rings. The second-order valence-electron chi connectivity index (χ2n) is 6.42. The van der Waals surface area contributed by atoms with Gasteiger partial charge >= 0.3 is 0 Å². The summed E-state index contributed by atoms with van der Waals surface area (Å²) in [5.41, 5.74) is 1.87. The van der Waals surface area contributed by atoms with E-state index >= 15 is 0 Å². The van der Waals surface area contributed by atoms with E-state index in [1.807, 2.05) is 19.2 Å². The number of halogens is 1. The van der Waals surface area contributed by atoms with Crippen molar-refractivity contribution >= 4 is 11.6 Å². The number of rotatable bonds is 7. The van der Waals surface area contributed by atoms with Gasteiger partial charge in [-0.1, -0.05) is 37.6 Å². The van der Waals surface area contributed by atoms with Crippen LogP contribution in [0, 0.1) is 5.41 Å². The van der Waals surface area contributed by atoms with Crippen molar-refractivity contribution < 1.29 is 0 Å². The van der Waals surface area contributed by atoms with E-state index in [0.717, 1.165) is 11.4 Å². The van der Waals surface area contributed by atoms with E-state index in [2.05, 4.69) is 36.2 Å². The first-order chi connectivity index (χ1) is 10.1. The summed E-state index contributed by atoms with van der Waals surface area (Å²) in [5.74, 6) is 0. The second kappa shape index (κ2) is 7.62. The van der Waals surface area contributed by atoms with Crippen LogP contribution in [0.2, 0.25) is 5.02 Å². The van der Waals surface area contributed by atoms with Crippen molar-refractivity contribution in [1.29, 1.82) is 0 Å². The van der Waals surface area contributed by atoms with Gasteiger partial charge in [-0.05, 0) is 68.9 Å². The van der Waals surface area contributed by atoms with E-state index in [1.165, 1.54) is 44.5 Å². The summed E-state index contributed by atoms with van der Waals surface area (Å²) < 4.78 is 0. The van der Waals surface area contributed by atoms with Gasteiger partial charge in [0.25, 0.3) is 0 Å². The maximum atomic E-state index is 6.11. The Labute approximate surface area is 134 Å².